The highest BCUT2D eigenvalue weighted by atomic mass is 31.2. The molecule has 1 amide bonds. The van der Waals surface area contributed by atoms with Gasteiger partial charge >= 0.3 is 5.97 Å². The van der Waals surface area contributed by atoms with E-state index in [4.69, 9.17) is 13.8 Å². The molecule has 9 nitrogen and oxygen atoms in total. The predicted octanol–water partition coefficient (Wildman–Crippen LogP) is 16.0. The largest absolute Gasteiger partial charge is 0.756 e. The third kappa shape index (κ3) is 47.6. The first-order valence-corrected chi connectivity index (χ1v) is 29.6. The molecule has 0 aromatic carbocycles. The summed E-state index contributed by atoms with van der Waals surface area (Å²) in [7, 11) is 1.19. The zero-order valence-corrected chi connectivity index (χ0v) is 45.3. The number of carbonyl (C=O) groups excluding carboxylic acids is 2. The first-order chi connectivity index (χ1) is 31.9. The Morgan fingerprint density at radius 1 is 0.515 bits per heavy atom. The fourth-order valence-corrected chi connectivity index (χ4v) is 8.95. The Hall–Kier alpha value is -1.51. The molecule has 0 aliphatic heterocycles. The Labute approximate surface area is 409 Å². The van der Waals surface area contributed by atoms with Crippen molar-refractivity contribution in [2.45, 2.75) is 283 Å². The van der Waals surface area contributed by atoms with E-state index in [-0.39, 0.29) is 31.5 Å². The van der Waals surface area contributed by atoms with Gasteiger partial charge in [-0.3, -0.25) is 14.2 Å². The zero-order chi connectivity index (χ0) is 48.7. The molecule has 0 aromatic rings. The lowest BCUT2D eigenvalue weighted by Crippen LogP contribution is -2.47. The monoisotopic (exact) mass is 953 g/mol. The molecule has 0 heterocycles. The van der Waals surface area contributed by atoms with Crippen molar-refractivity contribution >= 4 is 19.7 Å². The van der Waals surface area contributed by atoms with Gasteiger partial charge < -0.3 is 28.5 Å². The normalized spacial score (nSPS) is 14.0. The van der Waals surface area contributed by atoms with Gasteiger partial charge in [-0.1, -0.05) is 225 Å². The van der Waals surface area contributed by atoms with Crippen LogP contribution in [0, 0.1) is 0 Å². The van der Waals surface area contributed by atoms with Gasteiger partial charge in [-0.05, 0) is 57.4 Å². The average Bonchev–Trinajstić information content (AvgIpc) is 3.27. The van der Waals surface area contributed by atoms with Crippen LogP contribution in [0.15, 0.2) is 24.3 Å². The minimum absolute atomic E-state index is 0.0218. The maximum atomic E-state index is 13.4. The number of unbranched alkanes of at least 4 members (excludes halogenated alkanes) is 33. The number of likely N-dealkylation sites (N-methyl/N-ethyl adjacent to an activating group) is 1. The number of hydrogen-bond donors (Lipinski definition) is 1. The van der Waals surface area contributed by atoms with Crippen molar-refractivity contribution in [1.29, 1.82) is 0 Å². The van der Waals surface area contributed by atoms with E-state index in [1.807, 2.05) is 33.3 Å². The molecule has 0 spiro atoms. The summed E-state index contributed by atoms with van der Waals surface area (Å²) < 4.78 is 30.2. The summed E-state index contributed by atoms with van der Waals surface area (Å²) in [5.41, 5.74) is 0. The number of carbonyl (C=O) groups is 2. The predicted molar refractivity (Wildman–Crippen MR) is 280 cm³/mol. The number of amides is 1. The lowest BCUT2D eigenvalue weighted by molar-refractivity contribution is -0.870. The lowest BCUT2D eigenvalue weighted by atomic mass is 10.0. The molecular formula is C56H109N2O7P. The smallest absolute Gasteiger partial charge is 0.306 e. The summed E-state index contributed by atoms with van der Waals surface area (Å²) in [5, 5.41) is 3.01. The Morgan fingerprint density at radius 2 is 0.879 bits per heavy atom. The number of nitrogens with zero attached hydrogens (tertiary/aromatic N) is 1. The summed E-state index contributed by atoms with van der Waals surface area (Å²) in [6.45, 7) is 6.84. The van der Waals surface area contributed by atoms with Crippen LogP contribution in [0.4, 0.5) is 0 Å². The number of ether oxygens (including phenoxy) is 1. The SMILES string of the molecule is CCCCCCCC/C=C\CCCCCC(=O)NC(COP(=O)([O-])OCC[N+](C)(C)C)C(/C=C/CCCCCCCCCCCCC)OC(=O)CCCCCCCCCCCCCCCC. The molecule has 0 aromatic heterocycles. The fraction of sp³-hybridized carbons (Fsp3) is 0.893. The summed E-state index contributed by atoms with van der Waals surface area (Å²) in [6.07, 6.45) is 52.8. The van der Waals surface area contributed by atoms with E-state index in [0.29, 0.717) is 17.4 Å². The molecule has 0 saturated heterocycles. The Bertz CT molecular complexity index is 1190. The Kier molecular flexibility index (Phi) is 46.1. The van der Waals surface area contributed by atoms with Crippen molar-refractivity contribution in [3.63, 3.8) is 0 Å². The number of nitrogens with one attached hydrogen (secondary N) is 1. The molecule has 0 bridgehead atoms. The second-order valence-electron chi connectivity index (χ2n) is 20.4. The van der Waals surface area contributed by atoms with Crippen LogP contribution < -0.4 is 10.2 Å². The molecule has 10 heteroatoms. The number of rotatable bonds is 51. The number of hydrogen-bond acceptors (Lipinski definition) is 7. The molecule has 0 aliphatic carbocycles. The third-order valence-corrected chi connectivity index (χ3v) is 13.6. The molecule has 1 N–H and O–H groups in total. The lowest BCUT2D eigenvalue weighted by Gasteiger charge is -2.30. The highest BCUT2D eigenvalue weighted by Gasteiger charge is 2.27. The van der Waals surface area contributed by atoms with Crippen molar-refractivity contribution in [2.75, 3.05) is 40.9 Å². The summed E-state index contributed by atoms with van der Waals surface area (Å²) >= 11 is 0. The summed E-state index contributed by atoms with van der Waals surface area (Å²) in [5.74, 6) is -0.549. The molecule has 66 heavy (non-hydrogen) atoms. The van der Waals surface area contributed by atoms with Crippen molar-refractivity contribution in [1.82, 2.24) is 5.32 Å². The number of esters is 1. The van der Waals surface area contributed by atoms with Crippen molar-refractivity contribution in [3.05, 3.63) is 24.3 Å². The third-order valence-electron chi connectivity index (χ3n) is 12.6. The molecule has 0 aliphatic rings. The summed E-state index contributed by atoms with van der Waals surface area (Å²) in [4.78, 5) is 39.8. The number of phosphoric acid groups is 1. The van der Waals surface area contributed by atoms with Crippen LogP contribution in [0.1, 0.15) is 271 Å². The number of allylic oxidation sites excluding steroid dienone is 3. The van der Waals surface area contributed by atoms with E-state index in [1.165, 1.54) is 167 Å². The zero-order valence-electron chi connectivity index (χ0n) is 44.4. The molecule has 0 radical (unpaired) electrons. The standard InChI is InChI=1S/C56H109N2O7P/c1-7-10-13-16-19-22-25-28-31-34-37-40-43-46-49-56(60)65-54(47-44-41-38-35-32-29-26-23-20-17-14-11-8-2)53(52-64-66(61,62)63-51-50-58(4,5)6)57-55(59)48-45-42-39-36-33-30-27-24-21-18-15-12-9-3/h30,33,44,47,53-54H,7-29,31-32,34-43,45-46,48-52H2,1-6H3,(H-,57,59,61,62)/b33-30-,47-44+. The molecule has 3 atom stereocenters. The van der Waals surface area contributed by atoms with Crippen molar-refractivity contribution < 1.29 is 37.3 Å². The summed E-state index contributed by atoms with van der Waals surface area (Å²) in [6, 6.07) is -0.888. The van der Waals surface area contributed by atoms with Gasteiger partial charge in [-0.2, -0.15) is 0 Å². The van der Waals surface area contributed by atoms with E-state index < -0.39 is 20.0 Å². The van der Waals surface area contributed by atoms with E-state index in [0.717, 1.165) is 70.6 Å². The minimum atomic E-state index is -4.69. The van der Waals surface area contributed by atoms with E-state index in [2.05, 4.69) is 38.2 Å². The van der Waals surface area contributed by atoms with Gasteiger partial charge in [0.1, 0.15) is 19.3 Å². The first-order valence-electron chi connectivity index (χ1n) is 28.1. The highest BCUT2D eigenvalue weighted by molar-refractivity contribution is 7.45. The second-order valence-corrected chi connectivity index (χ2v) is 21.9. The Balaban J connectivity index is 5.40. The molecule has 3 unspecified atom stereocenters. The number of quaternary nitrogens is 1. The van der Waals surface area contributed by atoms with Crippen LogP contribution in [0.2, 0.25) is 0 Å². The maximum absolute atomic E-state index is 13.4. The number of phosphoric ester groups is 1. The van der Waals surface area contributed by atoms with Gasteiger partial charge in [0, 0.05) is 12.8 Å². The van der Waals surface area contributed by atoms with Gasteiger partial charge in [0.15, 0.2) is 0 Å². The van der Waals surface area contributed by atoms with Crippen LogP contribution in [0.3, 0.4) is 0 Å². The molecule has 390 valence electrons. The van der Waals surface area contributed by atoms with Crippen LogP contribution in [0.5, 0.6) is 0 Å². The van der Waals surface area contributed by atoms with Gasteiger partial charge in [-0.15, -0.1) is 0 Å². The fourth-order valence-electron chi connectivity index (χ4n) is 8.22. The quantitative estimate of drug-likeness (QED) is 0.0212. The topological polar surface area (TPSA) is 114 Å². The maximum Gasteiger partial charge on any atom is 0.306 e. The van der Waals surface area contributed by atoms with Crippen molar-refractivity contribution in [3.8, 4) is 0 Å². The van der Waals surface area contributed by atoms with Crippen LogP contribution in [-0.2, 0) is 27.9 Å². The van der Waals surface area contributed by atoms with Crippen LogP contribution in [-0.4, -0.2) is 69.4 Å². The van der Waals surface area contributed by atoms with E-state index in [9.17, 15) is 19.0 Å². The van der Waals surface area contributed by atoms with Crippen molar-refractivity contribution in [2.24, 2.45) is 0 Å². The molecule has 0 saturated carbocycles. The van der Waals surface area contributed by atoms with E-state index >= 15 is 0 Å². The Morgan fingerprint density at radius 3 is 1.30 bits per heavy atom. The average molecular weight is 953 g/mol. The first kappa shape index (κ1) is 64.5. The molecule has 0 rings (SSSR count). The van der Waals surface area contributed by atoms with Crippen LogP contribution >= 0.6 is 7.82 Å². The second kappa shape index (κ2) is 47.2. The molecular weight excluding hydrogens is 844 g/mol. The van der Waals surface area contributed by atoms with Gasteiger partial charge in [0.2, 0.25) is 5.91 Å². The van der Waals surface area contributed by atoms with Gasteiger partial charge in [-0.25, -0.2) is 0 Å². The van der Waals surface area contributed by atoms with Crippen LogP contribution in [0.25, 0.3) is 0 Å². The van der Waals surface area contributed by atoms with Gasteiger partial charge in [0.05, 0.1) is 33.8 Å². The van der Waals surface area contributed by atoms with E-state index in [1.54, 1.807) is 0 Å². The van der Waals surface area contributed by atoms with Gasteiger partial charge in [0.25, 0.3) is 7.82 Å². The molecule has 0 fully saturated rings. The minimum Gasteiger partial charge on any atom is -0.756 e. The highest BCUT2D eigenvalue weighted by Crippen LogP contribution is 2.38.